The second kappa shape index (κ2) is 5.04. The molecule has 2 nitrogen and oxygen atoms in total. The molecule has 6 unspecified atom stereocenters. The van der Waals surface area contributed by atoms with E-state index in [1.165, 1.54) is 32.1 Å². The van der Waals surface area contributed by atoms with Crippen molar-refractivity contribution in [3.8, 4) is 0 Å². The number of aliphatic hydroxyl groups is 1. The lowest BCUT2D eigenvalue weighted by atomic mass is 9.78. The van der Waals surface area contributed by atoms with Gasteiger partial charge < -0.3 is 10.4 Å². The zero-order chi connectivity index (χ0) is 13.6. The Balaban J connectivity index is 1.52. The van der Waals surface area contributed by atoms with Crippen LogP contribution in [-0.4, -0.2) is 23.8 Å². The summed E-state index contributed by atoms with van der Waals surface area (Å²) >= 11 is 0. The molecule has 0 amide bonds. The van der Waals surface area contributed by atoms with Gasteiger partial charge in [-0.1, -0.05) is 20.3 Å². The number of fused-ring (bicyclic) bond motifs is 5. The third-order valence-corrected chi connectivity index (χ3v) is 6.12. The molecular formula is C17H31NO. The van der Waals surface area contributed by atoms with Gasteiger partial charge in [-0.25, -0.2) is 0 Å². The van der Waals surface area contributed by atoms with Crippen LogP contribution in [-0.2, 0) is 0 Å². The zero-order valence-electron chi connectivity index (χ0n) is 12.9. The first-order chi connectivity index (χ1) is 8.96. The molecule has 110 valence electrons. The lowest BCUT2D eigenvalue weighted by Gasteiger charge is -2.35. The Morgan fingerprint density at radius 3 is 2.63 bits per heavy atom. The summed E-state index contributed by atoms with van der Waals surface area (Å²) in [5.41, 5.74) is 0.213. The highest BCUT2D eigenvalue weighted by molar-refractivity contribution is 5.05. The fraction of sp³-hybridized carbons (Fsp3) is 1.00. The molecule has 19 heavy (non-hydrogen) atoms. The number of hydrogen-bond donors (Lipinski definition) is 2. The summed E-state index contributed by atoms with van der Waals surface area (Å²) in [6.07, 6.45) is 8.15. The lowest BCUT2D eigenvalue weighted by Crippen LogP contribution is -2.43. The first kappa shape index (κ1) is 13.9. The molecule has 2 N–H and O–H groups in total. The van der Waals surface area contributed by atoms with E-state index in [2.05, 4.69) is 19.2 Å². The summed E-state index contributed by atoms with van der Waals surface area (Å²) in [5.74, 6) is 4.15. The summed E-state index contributed by atoms with van der Waals surface area (Å²) in [5, 5.41) is 13.4. The van der Waals surface area contributed by atoms with Gasteiger partial charge in [-0.3, -0.25) is 0 Å². The van der Waals surface area contributed by atoms with Crippen molar-refractivity contribution in [1.29, 1.82) is 0 Å². The minimum Gasteiger partial charge on any atom is -0.393 e. The second-order valence-corrected chi connectivity index (χ2v) is 8.36. The molecule has 0 aliphatic heterocycles. The van der Waals surface area contributed by atoms with E-state index >= 15 is 0 Å². The van der Waals surface area contributed by atoms with Crippen molar-refractivity contribution >= 4 is 0 Å². The monoisotopic (exact) mass is 265 g/mol. The summed E-state index contributed by atoms with van der Waals surface area (Å²) in [6, 6.07) is 0.776. The molecule has 3 fully saturated rings. The van der Waals surface area contributed by atoms with Crippen LogP contribution in [0.4, 0.5) is 0 Å². The minimum atomic E-state index is -0.184. The predicted molar refractivity (Wildman–Crippen MR) is 78.9 cm³/mol. The van der Waals surface area contributed by atoms with E-state index in [0.29, 0.717) is 0 Å². The van der Waals surface area contributed by atoms with Crippen LogP contribution in [0.25, 0.3) is 0 Å². The van der Waals surface area contributed by atoms with E-state index in [1.54, 1.807) is 0 Å². The van der Waals surface area contributed by atoms with Gasteiger partial charge in [0.1, 0.15) is 0 Å². The first-order valence-corrected chi connectivity index (χ1v) is 8.38. The van der Waals surface area contributed by atoms with Crippen molar-refractivity contribution < 1.29 is 5.11 Å². The van der Waals surface area contributed by atoms with Crippen molar-refractivity contribution in [2.24, 2.45) is 29.1 Å². The molecule has 0 saturated heterocycles. The molecule has 0 radical (unpaired) electrons. The van der Waals surface area contributed by atoms with Gasteiger partial charge in [-0.2, -0.15) is 0 Å². The van der Waals surface area contributed by atoms with Gasteiger partial charge in [0, 0.05) is 12.6 Å². The Labute approximate surface area is 118 Å². The Hall–Kier alpha value is -0.0800. The van der Waals surface area contributed by atoms with Crippen molar-refractivity contribution in [3.63, 3.8) is 0 Å². The maximum absolute atomic E-state index is 9.58. The molecule has 2 heteroatoms. The molecule has 2 bridgehead atoms. The lowest BCUT2D eigenvalue weighted by molar-refractivity contribution is 0.120. The Bertz CT molecular complexity index is 325. The largest absolute Gasteiger partial charge is 0.393 e. The van der Waals surface area contributed by atoms with Gasteiger partial charge in [0.05, 0.1) is 6.10 Å². The average Bonchev–Trinajstić information content (AvgIpc) is 2.97. The normalized spacial score (nSPS) is 42.6. The number of hydrogen-bond acceptors (Lipinski definition) is 2. The van der Waals surface area contributed by atoms with E-state index in [0.717, 1.165) is 42.7 Å². The highest BCUT2D eigenvalue weighted by atomic mass is 16.3. The van der Waals surface area contributed by atoms with Gasteiger partial charge in [0.15, 0.2) is 0 Å². The summed E-state index contributed by atoms with van der Waals surface area (Å²) in [6.45, 7) is 7.52. The Morgan fingerprint density at radius 1 is 1.16 bits per heavy atom. The molecule has 0 aromatic carbocycles. The standard InChI is InChI=1S/C17H31NO/c1-11(19)9-17(2,3)10-18-16-8-12-7-15(16)14-6-4-5-13(12)14/h11-16,18-19H,4-10H2,1-3H3. The highest BCUT2D eigenvalue weighted by Gasteiger charge is 2.53. The van der Waals surface area contributed by atoms with Crippen molar-refractivity contribution in [1.82, 2.24) is 5.32 Å². The van der Waals surface area contributed by atoms with Crippen LogP contribution < -0.4 is 5.32 Å². The molecule has 0 heterocycles. The third-order valence-electron chi connectivity index (χ3n) is 6.12. The minimum absolute atomic E-state index is 0.184. The number of aliphatic hydroxyl groups excluding tert-OH is 1. The summed E-state index contributed by atoms with van der Waals surface area (Å²) in [4.78, 5) is 0. The third kappa shape index (κ3) is 2.71. The molecule has 3 rings (SSSR count). The topological polar surface area (TPSA) is 32.3 Å². The van der Waals surface area contributed by atoms with Gasteiger partial charge in [-0.15, -0.1) is 0 Å². The van der Waals surface area contributed by atoms with Crippen molar-refractivity contribution in [3.05, 3.63) is 0 Å². The van der Waals surface area contributed by atoms with E-state index in [4.69, 9.17) is 0 Å². The van der Waals surface area contributed by atoms with Crippen molar-refractivity contribution in [2.45, 2.75) is 71.4 Å². The fourth-order valence-electron chi connectivity index (χ4n) is 5.58. The van der Waals surface area contributed by atoms with Crippen LogP contribution in [0.2, 0.25) is 0 Å². The molecule has 3 saturated carbocycles. The van der Waals surface area contributed by atoms with Gasteiger partial charge in [0.2, 0.25) is 0 Å². The molecule has 3 aliphatic rings. The number of rotatable bonds is 5. The highest BCUT2D eigenvalue weighted by Crippen LogP contribution is 2.58. The fourth-order valence-corrected chi connectivity index (χ4v) is 5.58. The maximum Gasteiger partial charge on any atom is 0.0517 e. The van der Waals surface area contributed by atoms with Crippen LogP contribution in [0.3, 0.4) is 0 Å². The molecular weight excluding hydrogens is 234 g/mol. The summed E-state index contributed by atoms with van der Waals surface area (Å²) in [7, 11) is 0. The molecule has 0 aromatic heterocycles. The van der Waals surface area contributed by atoms with E-state index in [1.807, 2.05) is 6.92 Å². The smallest absolute Gasteiger partial charge is 0.0517 e. The van der Waals surface area contributed by atoms with Crippen LogP contribution in [0.5, 0.6) is 0 Å². The van der Waals surface area contributed by atoms with E-state index < -0.39 is 0 Å². The first-order valence-electron chi connectivity index (χ1n) is 8.38. The van der Waals surface area contributed by atoms with Crippen LogP contribution in [0, 0.1) is 29.1 Å². The van der Waals surface area contributed by atoms with Crippen LogP contribution >= 0.6 is 0 Å². The molecule has 0 spiro atoms. The molecule has 3 aliphatic carbocycles. The van der Waals surface area contributed by atoms with Crippen LogP contribution in [0.15, 0.2) is 0 Å². The van der Waals surface area contributed by atoms with Gasteiger partial charge in [-0.05, 0) is 68.1 Å². The zero-order valence-corrected chi connectivity index (χ0v) is 12.9. The van der Waals surface area contributed by atoms with E-state index in [9.17, 15) is 5.11 Å². The van der Waals surface area contributed by atoms with Crippen LogP contribution in [0.1, 0.15) is 59.3 Å². The molecule has 6 atom stereocenters. The predicted octanol–water partition coefficient (Wildman–Crippen LogP) is 3.20. The SMILES string of the molecule is CC(O)CC(C)(C)CNC1CC2CC1C1CCCC21. The average molecular weight is 265 g/mol. The van der Waals surface area contributed by atoms with E-state index in [-0.39, 0.29) is 11.5 Å². The van der Waals surface area contributed by atoms with Crippen molar-refractivity contribution in [2.75, 3.05) is 6.54 Å². The quantitative estimate of drug-likeness (QED) is 0.800. The summed E-state index contributed by atoms with van der Waals surface area (Å²) < 4.78 is 0. The Kier molecular flexibility index (Phi) is 3.68. The maximum atomic E-state index is 9.58. The van der Waals surface area contributed by atoms with Gasteiger partial charge in [0.25, 0.3) is 0 Å². The van der Waals surface area contributed by atoms with Gasteiger partial charge >= 0.3 is 0 Å². The second-order valence-electron chi connectivity index (χ2n) is 8.36. The number of nitrogens with one attached hydrogen (secondary N) is 1. The molecule has 0 aromatic rings. The Morgan fingerprint density at radius 2 is 1.89 bits per heavy atom.